The minimum Gasteiger partial charge on any atom is -0.463 e. The molecule has 0 saturated carbocycles. The third-order valence-electron chi connectivity index (χ3n) is 6.99. The van der Waals surface area contributed by atoms with Gasteiger partial charge in [0.2, 0.25) is 11.8 Å². The Morgan fingerprint density at radius 1 is 0.822 bits per heavy atom. The average molecular weight is 636 g/mol. The van der Waals surface area contributed by atoms with E-state index in [1.807, 2.05) is 0 Å². The van der Waals surface area contributed by atoms with Crippen molar-refractivity contribution in [2.75, 3.05) is 84.5 Å². The minimum absolute atomic E-state index is 0.0668. The van der Waals surface area contributed by atoms with Crippen LogP contribution in [-0.4, -0.2) is 120 Å². The lowest BCUT2D eigenvalue weighted by molar-refractivity contribution is -0.145. The Hall–Kier alpha value is -3.43. The van der Waals surface area contributed by atoms with E-state index in [0.717, 1.165) is 24.2 Å². The lowest BCUT2D eigenvalue weighted by atomic mass is 10.0. The summed E-state index contributed by atoms with van der Waals surface area (Å²) in [4.78, 5) is 62.2. The molecule has 0 radical (unpaired) electrons. The third kappa shape index (κ3) is 12.1. The number of fused-ring (bicyclic) bond motifs is 1. The van der Waals surface area contributed by atoms with Crippen molar-refractivity contribution in [1.29, 1.82) is 0 Å². The van der Waals surface area contributed by atoms with E-state index in [2.05, 4.69) is 17.6 Å². The van der Waals surface area contributed by atoms with Gasteiger partial charge in [0.25, 0.3) is 11.8 Å². The number of unbranched alkanes of at least 4 members (excludes halogenated alkanes) is 2. The molecule has 2 aliphatic heterocycles. The molecule has 0 spiro atoms. The third-order valence-corrected chi connectivity index (χ3v) is 6.99. The van der Waals surface area contributed by atoms with Crippen LogP contribution < -0.4 is 10.6 Å². The fourth-order valence-electron chi connectivity index (χ4n) is 4.71. The Bertz CT molecular complexity index is 1130. The number of esters is 1. The predicted octanol–water partition coefficient (Wildman–Crippen LogP) is 1.71. The summed E-state index contributed by atoms with van der Waals surface area (Å²) < 4.78 is 32.4. The van der Waals surface area contributed by atoms with Gasteiger partial charge < -0.3 is 33.7 Å². The summed E-state index contributed by atoms with van der Waals surface area (Å²) in [6.45, 7) is 6.73. The van der Waals surface area contributed by atoms with Crippen LogP contribution in [0.5, 0.6) is 0 Å². The van der Waals surface area contributed by atoms with Crippen molar-refractivity contribution in [3.8, 4) is 0 Å². The number of nitrogens with zero attached hydrogens (tertiary/aromatic N) is 1. The van der Waals surface area contributed by atoms with E-state index in [-0.39, 0.29) is 36.5 Å². The number of rotatable bonds is 24. The molecule has 1 aromatic rings. The summed E-state index contributed by atoms with van der Waals surface area (Å²) in [5.74, 6) is -2.35. The lowest BCUT2D eigenvalue weighted by Crippen LogP contribution is -2.54. The van der Waals surface area contributed by atoms with Crippen molar-refractivity contribution in [2.24, 2.45) is 0 Å². The zero-order chi connectivity index (χ0) is 32.3. The second-order valence-electron chi connectivity index (χ2n) is 10.3. The topological polar surface area (TPSA) is 168 Å². The van der Waals surface area contributed by atoms with E-state index >= 15 is 0 Å². The maximum Gasteiger partial charge on any atom is 0.305 e. The van der Waals surface area contributed by atoms with Crippen molar-refractivity contribution in [3.63, 3.8) is 0 Å². The number of ether oxygens (including phenoxy) is 6. The molecule has 1 saturated heterocycles. The Balaban J connectivity index is 1.14. The minimum atomic E-state index is -1.01. The predicted molar refractivity (Wildman–Crippen MR) is 161 cm³/mol. The summed E-state index contributed by atoms with van der Waals surface area (Å²) in [6.07, 6.45) is 3.59. The van der Waals surface area contributed by atoms with E-state index < -0.39 is 29.7 Å². The molecule has 14 nitrogen and oxygen atoms in total. The van der Waals surface area contributed by atoms with Gasteiger partial charge in [-0.25, -0.2) is 0 Å². The summed E-state index contributed by atoms with van der Waals surface area (Å²) in [7, 11) is 0. The Kier molecular flexibility index (Phi) is 16.5. The van der Waals surface area contributed by atoms with Crippen molar-refractivity contribution in [3.05, 3.63) is 29.3 Å². The first-order valence-corrected chi connectivity index (χ1v) is 15.6. The lowest BCUT2D eigenvalue weighted by Gasteiger charge is -2.27. The average Bonchev–Trinajstić information content (AvgIpc) is 3.28. The van der Waals surface area contributed by atoms with Gasteiger partial charge in [0.05, 0.1) is 77.2 Å². The summed E-state index contributed by atoms with van der Waals surface area (Å²) in [5.41, 5.74) is 0.906. The van der Waals surface area contributed by atoms with Crippen LogP contribution in [-0.2, 0) is 42.8 Å². The van der Waals surface area contributed by atoms with Gasteiger partial charge in [0.15, 0.2) is 0 Å². The Morgan fingerprint density at radius 3 is 2.02 bits per heavy atom. The number of anilines is 1. The van der Waals surface area contributed by atoms with Crippen molar-refractivity contribution in [2.45, 2.75) is 51.5 Å². The molecule has 2 N–H and O–H groups in total. The molecule has 4 amide bonds. The van der Waals surface area contributed by atoms with Gasteiger partial charge in [0.1, 0.15) is 12.6 Å². The first kappa shape index (κ1) is 36.0. The SMILES string of the molecule is CCCCCC(=O)OCCOCCOCCOCCOCCOCCNc1cccc2c1C(=O)N(C1CCC(=O)NC1=O)C2=O. The van der Waals surface area contributed by atoms with Crippen LogP contribution in [0.2, 0.25) is 0 Å². The standard InChI is InChI=1S/C31H45N3O11/c1-2-3-4-8-27(36)45-22-21-44-20-19-43-18-17-42-16-15-41-14-13-40-12-11-32-24-7-5-6-23-28(24)31(39)34(30(23)38)25-9-10-26(35)33-29(25)37/h5-7,25,32H,2-4,8-22H2,1H3,(H,33,35,37). The number of carbonyl (C=O) groups excluding carboxylic acids is 5. The van der Waals surface area contributed by atoms with Crippen LogP contribution in [0.1, 0.15) is 66.2 Å². The van der Waals surface area contributed by atoms with Crippen molar-refractivity contribution in [1.82, 2.24) is 10.2 Å². The molecule has 3 rings (SSSR count). The van der Waals surface area contributed by atoms with Crippen LogP contribution in [0.4, 0.5) is 5.69 Å². The largest absolute Gasteiger partial charge is 0.463 e. The number of hydrogen-bond acceptors (Lipinski definition) is 12. The molecule has 0 aromatic heterocycles. The van der Waals surface area contributed by atoms with Gasteiger partial charge in [-0.05, 0) is 25.0 Å². The van der Waals surface area contributed by atoms with Gasteiger partial charge in [-0.3, -0.25) is 34.2 Å². The summed E-state index contributed by atoms with van der Waals surface area (Å²) in [5, 5.41) is 5.32. The number of nitrogens with one attached hydrogen (secondary N) is 2. The van der Waals surface area contributed by atoms with Gasteiger partial charge in [-0.1, -0.05) is 25.8 Å². The highest BCUT2D eigenvalue weighted by molar-refractivity contribution is 6.25. The van der Waals surface area contributed by atoms with Gasteiger partial charge in [-0.2, -0.15) is 0 Å². The highest BCUT2D eigenvalue weighted by Crippen LogP contribution is 2.32. The van der Waals surface area contributed by atoms with Crippen LogP contribution in [0.15, 0.2) is 18.2 Å². The number of carbonyl (C=O) groups is 5. The van der Waals surface area contributed by atoms with E-state index in [9.17, 15) is 24.0 Å². The zero-order valence-electron chi connectivity index (χ0n) is 26.0. The fourth-order valence-corrected chi connectivity index (χ4v) is 4.71. The van der Waals surface area contributed by atoms with Gasteiger partial charge in [0, 0.05) is 25.1 Å². The van der Waals surface area contributed by atoms with E-state index in [1.165, 1.54) is 0 Å². The molecule has 2 aliphatic rings. The molecule has 1 unspecified atom stereocenters. The summed E-state index contributed by atoms with van der Waals surface area (Å²) in [6, 6.07) is 3.90. The van der Waals surface area contributed by atoms with E-state index in [0.29, 0.717) is 84.7 Å². The molecule has 250 valence electrons. The normalized spacial score (nSPS) is 16.2. The molecular weight excluding hydrogens is 590 g/mol. The fraction of sp³-hybridized carbons (Fsp3) is 0.645. The highest BCUT2D eigenvalue weighted by atomic mass is 16.6. The summed E-state index contributed by atoms with van der Waals surface area (Å²) >= 11 is 0. The van der Waals surface area contributed by atoms with Gasteiger partial charge in [-0.15, -0.1) is 0 Å². The maximum atomic E-state index is 13.1. The molecule has 1 aromatic carbocycles. The van der Waals surface area contributed by atoms with Crippen LogP contribution in [0.25, 0.3) is 0 Å². The molecule has 1 atom stereocenters. The van der Waals surface area contributed by atoms with Crippen LogP contribution in [0, 0.1) is 0 Å². The molecular formula is C31H45N3O11. The molecule has 45 heavy (non-hydrogen) atoms. The van der Waals surface area contributed by atoms with Crippen LogP contribution >= 0.6 is 0 Å². The first-order valence-electron chi connectivity index (χ1n) is 15.6. The number of hydrogen-bond donors (Lipinski definition) is 2. The van der Waals surface area contributed by atoms with Crippen LogP contribution in [0.3, 0.4) is 0 Å². The van der Waals surface area contributed by atoms with Crippen molar-refractivity contribution < 1.29 is 52.4 Å². The van der Waals surface area contributed by atoms with E-state index in [4.69, 9.17) is 28.4 Å². The number of amides is 4. The monoisotopic (exact) mass is 635 g/mol. The Morgan fingerprint density at radius 2 is 1.42 bits per heavy atom. The second-order valence-corrected chi connectivity index (χ2v) is 10.3. The van der Waals surface area contributed by atoms with E-state index in [1.54, 1.807) is 18.2 Å². The number of benzene rings is 1. The molecule has 14 heteroatoms. The quantitative estimate of drug-likeness (QED) is 0.0960. The second kappa shape index (κ2) is 20.6. The first-order chi connectivity index (χ1) is 21.9. The zero-order valence-corrected chi connectivity index (χ0v) is 26.0. The number of imide groups is 2. The molecule has 0 bridgehead atoms. The number of piperidine rings is 1. The molecule has 2 heterocycles. The maximum absolute atomic E-state index is 13.1. The molecule has 0 aliphatic carbocycles. The smallest absolute Gasteiger partial charge is 0.305 e. The highest BCUT2D eigenvalue weighted by Gasteiger charge is 2.45. The Labute approximate surface area is 263 Å². The van der Waals surface area contributed by atoms with Crippen molar-refractivity contribution >= 4 is 35.3 Å². The van der Waals surface area contributed by atoms with Gasteiger partial charge >= 0.3 is 5.97 Å². The molecule has 1 fully saturated rings.